The number of benzene rings is 6. The predicted molar refractivity (Wildman–Crippen MR) is 291 cm³/mol. The number of ether oxygens (including phenoxy) is 3. The third kappa shape index (κ3) is 17.0. The molecule has 1 heterocycles. The monoisotopic (exact) mass is 1280 g/mol. The first-order valence-corrected chi connectivity index (χ1v) is 29.1. The lowest BCUT2D eigenvalue weighted by Crippen LogP contribution is -2.55. The zero-order valence-corrected chi connectivity index (χ0v) is 47.5. The highest BCUT2D eigenvalue weighted by molar-refractivity contribution is 7.87. The molecule has 7 rings (SSSR count). The average Bonchev–Trinajstić information content (AvgIpc) is 1.55. The summed E-state index contributed by atoms with van der Waals surface area (Å²) in [6.45, 7) is 1.17. The van der Waals surface area contributed by atoms with Crippen molar-refractivity contribution in [1.82, 2.24) is 13.7 Å². The fraction of sp³-hybridized carbons (Fsp3) is 0.222. The maximum absolute atomic E-state index is 14.1. The number of hydrogen-bond acceptors (Lipinski definition) is 18. The van der Waals surface area contributed by atoms with Crippen LogP contribution in [0.2, 0.25) is 0 Å². The molecule has 0 aliphatic rings. The molecule has 1 aromatic heterocycles. The van der Waals surface area contributed by atoms with Crippen LogP contribution in [0.1, 0.15) is 33.4 Å². The van der Waals surface area contributed by atoms with Gasteiger partial charge in [0.15, 0.2) is 17.1 Å². The van der Waals surface area contributed by atoms with Crippen molar-refractivity contribution in [3.05, 3.63) is 210 Å². The minimum Gasteiger partial charge on any atom is -0.492 e. The SMILES string of the molecule is Cc1ccc(S(=O)(=O)O/N=C(/c2ccc(OCCn3c(=O)n(CCOc4ccc(/C(=N/OS(=O)(=O)c5ccc(C)cc5)C(F)(F)F)cc4)c(=O)n(CCOc4ccc(/C(=N\OS(=O)(=O)c5ccc(C)cc5)C(F)(F)F)cc4)c3=O)cc2)C(F)(F)F)cc1. The second-order valence-electron chi connectivity index (χ2n) is 18.3. The summed E-state index contributed by atoms with van der Waals surface area (Å²) in [4.78, 5) is 40.2. The second-order valence-corrected chi connectivity index (χ2v) is 22.8. The van der Waals surface area contributed by atoms with Crippen LogP contribution in [0.15, 0.2) is 190 Å². The average molecular weight is 1290 g/mol. The molecule has 462 valence electrons. The number of hydrogen-bond donors (Lipinski definition) is 0. The molecule has 0 spiro atoms. The smallest absolute Gasteiger partial charge is 0.437 e. The summed E-state index contributed by atoms with van der Waals surface area (Å²) >= 11 is 0. The van der Waals surface area contributed by atoms with Crippen LogP contribution in [0.3, 0.4) is 0 Å². The van der Waals surface area contributed by atoms with Crippen LogP contribution in [-0.2, 0) is 62.8 Å². The van der Waals surface area contributed by atoms with E-state index < -0.39 is 154 Å². The number of alkyl halides is 9. The summed E-state index contributed by atoms with van der Waals surface area (Å²) in [5.74, 6) is -0.470. The summed E-state index contributed by atoms with van der Waals surface area (Å²) in [5.41, 5.74) is -9.14. The van der Waals surface area contributed by atoms with Crippen LogP contribution in [0, 0.1) is 20.8 Å². The van der Waals surface area contributed by atoms with Crippen LogP contribution in [0.25, 0.3) is 0 Å². The van der Waals surface area contributed by atoms with Gasteiger partial charge in [0, 0.05) is 16.7 Å². The Morgan fingerprint density at radius 2 is 0.563 bits per heavy atom. The highest BCUT2D eigenvalue weighted by atomic mass is 32.2. The van der Waals surface area contributed by atoms with E-state index in [-0.39, 0.29) is 17.2 Å². The van der Waals surface area contributed by atoms with Crippen LogP contribution < -0.4 is 31.3 Å². The topological polar surface area (TPSA) is 261 Å². The van der Waals surface area contributed by atoms with Gasteiger partial charge in [-0.05, 0) is 130 Å². The quantitative estimate of drug-likeness (QED) is 0.0313. The molecule has 0 amide bonds. The molecular formula is C54H45F9N6O15S3. The summed E-state index contributed by atoms with van der Waals surface area (Å²) in [7, 11) is -14.4. The number of aromatic nitrogens is 3. The second kappa shape index (κ2) is 26.6. The lowest BCUT2D eigenvalue weighted by Gasteiger charge is -2.16. The Morgan fingerprint density at radius 1 is 0.356 bits per heavy atom. The standard InChI is InChI=1S/C54H45F9N6O15S3/c1-34-4-22-43(23-5-34)85(73,74)82-64-46(52(55,56)57)37-10-16-40(17-11-37)79-31-28-67-49(70)68(29-32-80-41-18-12-38(13-19-41)47(53(58,59)60)65-83-86(75,76)44-24-6-35(2)7-25-44)51(72)69(50(67)71)30-33-81-42-20-14-39(15-21-42)48(54(61,62)63)66-84-87(77,78)45-26-8-36(3)9-27-45/h4-27H,28-33H2,1-3H3/b64-46-,65-47-,66-48+. The van der Waals surface area contributed by atoms with Gasteiger partial charge in [-0.15, -0.1) is 0 Å². The number of halogens is 9. The molecule has 0 fully saturated rings. The van der Waals surface area contributed by atoms with E-state index in [4.69, 9.17) is 14.2 Å². The highest BCUT2D eigenvalue weighted by Crippen LogP contribution is 2.29. The third-order valence-corrected chi connectivity index (χ3v) is 15.3. The lowest BCUT2D eigenvalue weighted by atomic mass is 10.1. The van der Waals surface area contributed by atoms with Crippen LogP contribution in [-0.4, -0.2) is 94.4 Å². The van der Waals surface area contributed by atoms with Gasteiger partial charge in [-0.2, -0.15) is 64.8 Å². The van der Waals surface area contributed by atoms with Gasteiger partial charge in [-0.1, -0.05) is 68.6 Å². The van der Waals surface area contributed by atoms with Gasteiger partial charge in [0.25, 0.3) is 0 Å². The van der Waals surface area contributed by atoms with E-state index in [2.05, 4.69) is 28.3 Å². The summed E-state index contributed by atoms with van der Waals surface area (Å²) in [6, 6.07) is 26.0. The van der Waals surface area contributed by atoms with Crippen LogP contribution in [0.4, 0.5) is 39.5 Å². The largest absolute Gasteiger partial charge is 0.492 e. The van der Waals surface area contributed by atoms with Crippen molar-refractivity contribution in [2.24, 2.45) is 15.5 Å². The molecule has 87 heavy (non-hydrogen) atoms. The molecule has 0 saturated carbocycles. The minimum absolute atomic E-state index is 0.157. The summed E-state index contributed by atoms with van der Waals surface area (Å²) in [6.07, 6.45) is -15.7. The van der Waals surface area contributed by atoms with Gasteiger partial charge in [0.1, 0.15) is 51.8 Å². The van der Waals surface area contributed by atoms with Gasteiger partial charge in [-0.3, -0.25) is 12.9 Å². The third-order valence-electron chi connectivity index (χ3n) is 11.9. The van der Waals surface area contributed by atoms with Crippen molar-refractivity contribution in [2.45, 2.75) is 73.6 Å². The Kier molecular flexibility index (Phi) is 19.9. The van der Waals surface area contributed by atoms with E-state index in [1.807, 2.05) is 0 Å². The van der Waals surface area contributed by atoms with Crippen molar-refractivity contribution in [3.63, 3.8) is 0 Å². The molecule has 21 nitrogen and oxygen atoms in total. The Labute approximate surface area is 487 Å². The first kappa shape index (κ1) is 65.3. The molecule has 0 radical (unpaired) electrons. The molecule has 0 aliphatic carbocycles. The Bertz CT molecular complexity index is 3770. The zero-order valence-electron chi connectivity index (χ0n) is 45.0. The van der Waals surface area contributed by atoms with Crippen molar-refractivity contribution in [1.29, 1.82) is 0 Å². The van der Waals surface area contributed by atoms with Crippen molar-refractivity contribution in [2.75, 3.05) is 19.8 Å². The van der Waals surface area contributed by atoms with Gasteiger partial charge in [-0.25, -0.2) is 28.1 Å². The van der Waals surface area contributed by atoms with Gasteiger partial charge >= 0.3 is 66.0 Å². The highest BCUT2D eigenvalue weighted by Gasteiger charge is 2.41. The first-order valence-electron chi connectivity index (χ1n) is 24.8. The molecular weight excluding hydrogens is 1240 g/mol. The van der Waals surface area contributed by atoms with E-state index >= 15 is 0 Å². The number of oxime groups is 3. The van der Waals surface area contributed by atoms with Crippen molar-refractivity contribution < 1.29 is 91.8 Å². The summed E-state index contributed by atoms with van der Waals surface area (Å²) < 4.78 is 234. The number of rotatable bonds is 24. The van der Waals surface area contributed by atoms with E-state index in [1.54, 1.807) is 20.8 Å². The molecule has 0 aliphatic heterocycles. The molecule has 7 aromatic rings. The molecule has 33 heteroatoms. The van der Waals surface area contributed by atoms with Gasteiger partial charge in [0.2, 0.25) is 0 Å². The first-order chi connectivity index (χ1) is 40.7. The Morgan fingerprint density at radius 3 is 0.759 bits per heavy atom. The maximum atomic E-state index is 14.1. The molecule has 0 atom stereocenters. The minimum atomic E-state index is -5.24. The molecule has 0 bridgehead atoms. The predicted octanol–water partition coefficient (Wildman–Crippen LogP) is 8.35. The van der Waals surface area contributed by atoms with E-state index in [0.29, 0.717) is 30.4 Å². The van der Waals surface area contributed by atoms with Crippen molar-refractivity contribution in [3.8, 4) is 17.2 Å². The summed E-state index contributed by atoms with van der Waals surface area (Å²) in [5, 5.41) is 8.65. The molecule has 6 aromatic carbocycles. The Hall–Kier alpha value is -9.24. The van der Waals surface area contributed by atoms with Gasteiger partial charge < -0.3 is 14.2 Å². The van der Waals surface area contributed by atoms with E-state index in [0.717, 1.165) is 109 Å². The van der Waals surface area contributed by atoms with E-state index in [9.17, 15) is 79.2 Å². The lowest BCUT2D eigenvalue weighted by molar-refractivity contribution is -0.0606. The number of aryl methyl sites for hydroxylation is 3. The Balaban J connectivity index is 1.09. The normalized spacial score (nSPS) is 13.0. The molecule has 0 N–H and O–H groups in total. The van der Waals surface area contributed by atoms with Gasteiger partial charge in [0.05, 0.1) is 19.6 Å². The molecule has 0 saturated heterocycles. The van der Waals surface area contributed by atoms with E-state index in [1.165, 1.54) is 36.4 Å². The maximum Gasteiger partial charge on any atom is 0.437 e. The van der Waals surface area contributed by atoms with Crippen LogP contribution in [0.5, 0.6) is 17.2 Å². The van der Waals surface area contributed by atoms with Crippen LogP contribution >= 0.6 is 0 Å². The molecule has 0 unspecified atom stereocenters. The zero-order chi connectivity index (χ0) is 63.7. The number of nitrogens with zero attached hydrogens (tertiary/aromatic N) is 6. The fourth-order valence-electron chi connectivity index (χ4n) is 7.46. The van der Waals surface area contributed by atoms with Crippen molar-refractivity contribution >= 4 is 47.5 Å². The fourth-order valence-corrected chi connectivity index (χ4v) is 9.64.